The Kier molecular flexibility index (Phi) is 3.77. The zero-order valence-corrected chi connectivity index (χ0v) is 13.0. The first-order chi connectivity index (χ1) is 10.4. The van der Waals surface area contributed by atoms with Gasteiger partial charge in [-0.25, -0.2) is 4.39 Å². The molecular weight excluding hydrogens is 279 g/mol. The van der Waals surface area contributed by atoms with Gasteiger partial charge in [0, 0.05) is 16.6 Å². The topological polar surface area (TPSA) is 37.3 Å². The maximum Gasteiger partial charge on any atom is 0.182 e. The number of aliphatic hydroxyl groups is 1. The molecule has 3 rings (SSSR count). The van der Waals surface area contributed by atoms with Gasteiger partial charge in [-0.05, 0) is 43.4 Å². The van der Waals surface area contributed by atoms with Crippen molar-refractivity contribution >= 4 is 11.9 Å². The molecule has 1 fully saturated rings. The van der Waals surface area contributed by atoms with E-state index in [1.165, 1.54) is 6.07 Å². The summed E-state index contributed by atoms with van der Waals surface area (Å²) in [5, 5.41) is 10.5. The van der Waals surface area contributed by atoms with Crippen molar-refractivity contribution in [2.45, 2.75) is 39.2 Å². The van der Waals surface area contributed by atoms with Crippen LogP contribution in [-0.2, 0) is 4.79 Å². The second-order valence-corrected chi connectivity index (χ2v) is 6.57. The minimum Gasteiger partial charge on any atom is -0.392 e. The molecule has 22 heavy (non-hydrogen) atoms. The summed E-state index contributed by atoms with van der Waals surface area (Å²) >= 11 is 0. The van der Waals surface area contributed by atoms with Crippen LogP contribution in [0.1, 0.15) is 38.7 Å². The molecule has 1 aromatic rings. The number of ketones is 1. The fraction of sp³-hybridized carbons (Fsp3) is 0.421. The molecule has 0 saturated heterocycles. The van der Waals surface area contributed by atoms with Crippen LogP contribution in [0.25, 0.3) is 6.08 Å². The molecular formula is C19H21FO2. The molecule has 116 valence electrons. The third kappa shape index (κ3) is 2.24. The van der Waals surface area contributed by atoms with Crippen LogP contribution in [-0.4, -0.2) is 17.0 Å². The van der Waals surface area contributed by atoms with E-state index >= 15 is 0 Å². The van der Waals surface area contributed by atoms with Crippen molar-refractivity contribution < 1.29 is 14.3 Å². The van der Waals surface area contributed by atoms with E-state index in [0.29, 0.717) is 11.1 Å². The van der Waals surface area contributed by atoms with Crippen molar-refractivity contribution in [3.05, 3.63) is 52.9 Å². The van der Waals surface area contributed by atoms with E-state index in [4.69, 9.17) is 0 Å². The Balaban J connectivity index is 2.09. The van der Waals surface area contributed by atoms with Gasteiger partial charge in [0.1, 0.15) is 5.82 Å². The molecule has 2 aliphatic rings. The number of aliphatic hydroxyl groups excluding tert-OH is 1. The highest BCUT2D eigenvalue weighted by Gasteiger charge is 2.48. The number of carbonyl (C=O) groups is 1. The highest BCUT2D eigenvalue weighted by molar-refractivity contribution is 6.09. The molecule has 0 spiro atoms. The summed E-state index contributed by atoms with van der Waals surface area (Å²) in [5.41, 5.74) is 1.61. The third-order valence-corrected chi connectivity index (χ3v) is 5.48. The average Bonchev–Trinajstić information content (AvgIpc) is 2.49. The highest BCUT2D eigenvalue weighted by Crippen LogP contribution is 2.51. The average molecular weight is 300 g/mol. The lowest BCUT2D eigenvalue weighted by molar-refractivity contribution is -0.113. The van der Waals surface area contributed by atoms with Crippen LogP contribution in [0.5, 0.6) is 0 Å². The summed E-state index contributed by atoms with van der Waals surface area (Å²) in [5.74, 6) is -0.522. The van der Waals surface area contributed by atoms with E-state index in [2.05, 4.69) is 0 Å². The van der Waals surface area contributed by atoms with Crippen LogP contribution < -0.4 is 0 Å². The maximum absolute atomic E-state index is 13.9. The maximum atomic E-state index is 13.9. The van der Waals surface area contributed by atoms with Crippen LogP contribution in [0.15, 0.2) is 41.5 Å². The summed E-state index contributed by atoms with van der Waals surface area (Å²) in [4.78, 5) is 12.5. The van der Waals surface area contributed by atoms with Crippen LogP contribution in [0, 0.1) is 17.2 Å². The first-order valence-corrected chi connectivity index (χ1v) is 7.84. The number of rotatable bonds is 1. The second-order valence-electron chi connectivity index (χ2n) is 6.57. The van der Waals surface area contributed by atoms with Crippen molar-refractivity contribution in [1.82, 2.24) is 0 Å². The lowest BCUT2D eigenvalue weighted by Gasteiger charge is -2.48. The number of fused-ring (bicyclic) bond motifs is 1. The van der Waals surface area contributed by atoms with E-state index in [1.54, 1.807) is 30.4 Å². The van der Waals surface area contributed by atoms with E-state index in [9.17, 15) is 14.3 Å². The fourth-order valence-electron chi connectivity index (χ4n) is 3.80. The van der Waals surface area contributed by atoms with Crippen LogP contribution >= 0.6 is 0 Å². The zero-order valence-electron chi connectivity index (χ0n) is 13.0. The largest absolute Gasteiger partial charge is 0.392 e. The number of benzene rings is 1. The molecule has 0 radical (unpaired) electrons. The molecule has 0 aromatic heterocycles. The minimum absolute atomic E-state index is 0.0580. The molecule has 0 bridgehead atoms. The summed E-state index contributed by atoms with van der Waals surface area (Å²) in [6, 6.07) is 6.45. The molecule has 1 saturated carbocycles. The summed E-state index contributed by atoms with van der Waals surface area (Å²) in [6.07, 6.45) is 5.36. The Morgan fingerprint density at radius 3 is 2.82 bits per heavy atom. The normalized spacial score (nSPS) is 33.5. The molecule has 1 N–H and O–H groups in total. The Labute approximate surface area is 130 Å². The molecule has 3 atom stereocenters. The van der Waals surface area contributed by atoms with Crippen molar-refractivity contribution in [3.8, 4) is 0 Å². The van der Waals surface area contributed by atoms with Crippen molar-refractivity contribution in [2.75, 3.05) is 0 Å². The first-order valence-electron chi connectivity index (χ1n) is 7.84. The second kappa shape index (κ2) is 5.47. The SMILES string of the molecule is C[C@H]1C(=Cc2ccccc2F)C(=O)C=C2CCC[C@H](O)[C@]21C. The standard InChI is InChI=1S/C19H21FO2/c1-12-15(10-13-6-3-4-8-16(13)20)17(21)11-14-7-5-9-18(22)19(12,14)2/h3-4,6,8,10-12,18,22H,5,7,9H2,1-2H3/t12-,18-,19-/m0/s1. The van der Waals surface area contributed by atoms with E-state index in [0.717, 1.165) is 24.8 Å². The molecule has 0 unspecified atom stereocenters. The number of allylic oxidation sites excluding steroid dienone is 2. The fourth-order valence-corrected chi connectivity index (χ4v) is 3.80. The number of carbonyl (C=O) groups excluding carboxylic acids is 1. The molecule has 1 aromatic carbocycles. The minimum atomic E-state index is -0.459. The van der Waals surface area contributed by atoms with Crippen LogP contribution in [0.2, 0.25) is 0 Å². The summed E-state index contributed by atoms with van der Waals surface area (Å²) in [6.45, 7) is 3.99. The number of halogens is 1. The van der Waals surface area contributed by atoms with Gasteiger partial charge in [-0.2, -0.15) is 0 Å². The summed E-state index contributed by atoms with van der Waals surface area (Å²) < 4.78 is 13.9. The van der Waals surface area contributed by atoms with Gasteiger partial charge in [0.25, 0.3) is 0 Å². The van der Waals surface area contributed by atoms with Gasteiger partial charge in [0.2, 0.25) is 0 Å². The lowest BCUT2D eigenvalue weighted by atomic mass is 9.57. The van der Waals surface area contributed by atoms with Crippen molar-refractivity contribution in [2.24, 2.45) is 11.3 Å². The molecule has 0 heterocycles. The Bertz CT molecular complexity index is 674. The van der Waals surface area contributed by atoms with Gasteiger partial charge in [0.15, 0.2) is 5.78 Å². The van der Waals surface area contributed by atoms with E-state index in [1.807, 2.05) is 13.8 Å². The van der Waals surface area contributed by atoms with Crippen molar-refractivity contribution in [3.63, 3.8) is 0 Å². The van der Waals surface area contributed by atoms with E-state index in [-0.39, 0.29) is 17.5 Å². The quantitative estimate of drug-likeness (QED) is 0.799. The van der Waals surface area contributed by atoms with Gasteiger partial charge < -0.3 is 5.11 Å². The smallest absolute Gasteiger partial charge is 0.182 e. The number of hydrogen-bond acceptors (Lipinski definition) is 2. The molecule has 3 heteroatoms. The predicted molar refractivity (Wildman–Crippen MR) is 84.6 cm³/mol. The Hall–Kier alpha value is -1.74. The summed E-state index contributed by atoms with van der Waals surface area (Å²) in [7, 11) is 0. The third-order valence-electron chi connectivity index (χ3n) is 5.48. The monoisotopic (exact) mass is 300 g/mol. The van der Waals surface area contributed by atoms with Gasteiger partial charge in [-0.3, -0.25) is 4.79 Å². The molecule has 2 aliphatic carbocycles. The van der Waals surface area contributed by atoms with Gasteiger partial charge >= 0.3 is 0 Å². The molecule has 0 aliphatic heterocycles. The first kappa shape index (κ1) is 15.2. The van der Waals surface area contributed by atoms with Gasteiger partial charge in [-0.15, -0.1) is 0 Å². The Morgan fingerprint density at radius 1 is 1.36 bits per heavy atom. The Morgan fingerprint density at radius 2 is 2.09 bits per heavy atom. The lowest BCUT2D eigenvalue weighted by Crippen LogP contribution is -2.46. The van der Waals surface area contributed by atoms with Crippen LogP contribution in [0.3, 0.4) is 0 Å². The number of hydrogen-bond donors (Lipinski definition) is 1. The predicted octanol–water partition coefficient (Wildman–Crippen LogP) is 3.91. The van der Waals surface area contributed by atoms with Crippen molar-refractivity contribution in [1.29, 1.82) is 0 Å². The zero-order chi connectivity index (χ0) is 15.9. The molecule has 0 amide bonds. The molecule has 2 nitrogen and oxygen atoms in total. The van der Waals surface area contributed by atoms with E-state index < -0.39 is 11.5 Å². The van der Waals surface area contributed by atoms with Gasteiger partial charge in [0.05, 0.1) is 6.10 Å². The van der Waals surface area contributed by atoms with Gasteiger partial charge in [-0.1, -0.05) is 37.6 Å². The highest BCUT2D eigenvalue weighted by atomic mass is 19.1. The van der Waals surface area contributed by atoms with Crippen LogP contribution in [0.4, 0.5) is 4.39 Å².